The number of rotatable bonds is 1. The lowest BCUT2D eigenvalue weighted by molar-refractivity contribution is 0.439. The molecule has 2 rings (SSSR count). The van der Waals surface area contributed by atoms with E-state index in [1.54, 1.807) is 0 Å². The molecule has 1 fully saturated rings. The highest BCUT2D eigenvalue weighted by atomic mass is 15.0. The van der Waals surface area contributed by atoms with Gasteiger partial charge >= 0.3 is 0 Å². The Hall–Kier alpha value is -0.890. The van der Waals surface area contributed by atoms with E-state index in [4.69, 9.17) is 0 Å². The van der Waals surface area contributed by atoms with Crippen LogP contribution in [0.4, 0.5) is 0 Å². The van der Waals surface area contributed by atoms with Crippen molar-refractivity contribution in [3.63, 3.8) is 0 Å². The Kier molecular flexibility index (Phi) is 1.62. The van der Waals surface area contributed by atoms with Crippen molar-refractivity contribution in [2.24, 2.45) is 0 Å². The first kappa shape index (κ1) is 6.80. The fourth-order valence-electron chi connectivity index (χ4n) is 1.28. The number of hydrogen-bond acceptors (Lipinski definition) is 2. The molecule has 1 saturated heterocycles. The zero-order chi connectivity index (χ0) is 7.68. The van der Waals surface area contributed by atoms with Gasteiger partial charge in [0.25, 0.3) is 0 Å². The highest BCUT2D eigenvalue weighted by molar-refractivity contribution is 5.19. The first-order valence-corrected chi connectivity index (χ1v) is 3.99. The van der Waals surface area contributed by atoms with Crippen LogP contribution in [0.25, 0.3) is 0 Å². The van der Waals surface area contributed by atoms with Crippen molar-refractivity contribution in [3.8, 4) is 0 Å². The van der Waals surface area contributed by atoms with Gasteiger partial charge in [-0.1, -0.05) is 0 Å². The molecule has 0 unspecified atom stereocenters. The van der Waals surface area contributed by atoms with Crippen molar-refractivity contribution >= 4 is 0 Å². The van der Waals surface area contributed by atoms with Gasteiger partial charge in [-0.15, -0.1) is 0 Å². The quantitative estimate of drug-likeness (QED) is 0.644. The van der Waals surface area contributed by atoms with Crippen molar-refractivity contribution in [1.29, 1.82) is 0 Å². The number of aryl methyl sites for hydroxylation is 1. The third-order valence-corrected chi connectivity index (χ3v) is 2.14. The summed E-state index contributed by atoms with van der Waals surface area (Å²) >= 11 is 0. The largest absolute Gasteiger partial charge is 0.315 e. The van der Waals surface area contributed by atoms with Gasteiger partial charge in [-0.2, -0.15) is 0 Å². The number of aromatic nitrogens is 1. The topological polar surface area (TPSA) is 24.9 Å². The van der Waals surface area contributed by atoms with Crippen LogP contribution < -0.4 is 5.32 Å². The maximum Gasteiger partial charge on any atom is 0.0462 e. The minimum atomic E-state index is 0.662. The maximum absolute atomic E-state index is 4.32. The molecule has 1 aromatic rings. The van der Waals surface area contributed by atoms with Crippen LogP contribution in [-0.4, -0.2) is 18.1 Å². The molecule has 2 heteroatoms. The van der Waals surface area contributed by atoms with Gasteiger partial charge in [0.1, 0.15) is 0 Å². The Morgan fingerprint density at radius 1 is 1.55 bits per heavy atom. The van der Waals surface area contributed by atoms with Crippen LogP contribution in [0.5, 0.6) is 0 Å². The Labute approximate surface area is 66.7 Å². The Balaban J connectivity index is 2.23. The fourth-order valence-corrected chi connectivity index (χ4v) is 1.28. The lowest BCUT2D eigenvalue weighted by Gasteiger charge is -2.26. The van der Waals surface area contributed by atoms with Crippen LogP contribution in [0, 0.1) is 6.92 Å². The SMILES string of the molecule is Cc1ccnc(C2CNC2)c1. The molecule has 0 aliphatic carbocycles. The molecule has 1 aliphatic heterocycles. The molecule has 0 saturated carbocycles. The van der Waals surface area contributed by atoms with E-state index in [1.165, 1.54) is 11.3 Å². The van der Waals surface area contributed by atoms with Gasteiger partial charge in [0.15, 0.2) is 0 Å². The number of hydrogen-bond donors (Lipinski definition) is 1. The van der Waals surface area contributed by atoms with Gasteiger partial charge in [-0.05, 0) is 24.6 Å². The Bertz CT molecular complexity index is 253. The van der Waals surface area contributed by atoms with Crippen molar-refractivity contribution in [2.45, 2.75) is 12.8 Å². The fraction of sp³-hybridized carbons (Fsp3) is 0.444. The Morgan fingerprint density at radius 2 is 2.36 bits per heavy atom. The van der Waals surface area contributed by atoms with E-state index in [0.29, 0.717) is 5.92 Å². The van der Waals surface area contributed by atoms with E-state index < -0.39 is 0 Å². The molecule has 2 nitrogen and oxygen atoms in total. The second-order valence-electron chi connectivity index (χ2n) is 3.11. The molecule has 2 heterocycles. The third kappa shape index (κ3) is 1.26. The van der Waals surface area contributed by atoms with Gasteiger partial charge in [0.05, 0.1) is 0 Å². The van der Waals surface area contributed by atoms with E-state index in [9.17, 15) is 0 Å². The monoisotopic (exact) mass is 148 g/mol. The molecule has 0 radical (unpaired) electrons. The van der Waals surface area contributed by atoms with E-state index in [2.05, 4.69) is 23.3 Å². The first-order valence-electron chi connectivity index (χ1n) is 3.99. The summed E-state index contributed by atoms with van der Waals surface area (Å²) in [5.41, 5.74) is 2.55. The maximum atomic E-state index is 4.32. The van der Waals surface area contributed by atoms with Crippen molar-refractivity contribution in [2.75, 3.05) is 13.1 Å². The summed E-state index contributed by atoms with van der Waals surface area (Å²) in [6.07, 6.45) is 1.89. The molecule has 0 aromatic carbocycles. The minimum Gasteiger partial charge on any atom is -0.315 e. The molecule has 1 N–H and O–H groups in total. The zero-order valence-corrected chi connectivity index (χ0v) is 6.67. The van der Waals surface area contributed by atoms with Crippen molar-refractivity contribution < 1.29 is 0 Å². The molecule has 58 valence electrons. The molecule has 1 aromatic heterocycles. The second kappa shape index (κ2) is 2.62. The van der Waals surface area contributed by atoms with E-state index in [-0.39, 0.29) is 0 Å². The summed E-state index contributed by atoms with van der Waals surface area (Å²) in [6, 6.07) is 4.21. The van der Waals surface area contributed by atoms with Crippen LogP contribution in [0.15, 0.2) is 18.3 Å². The van der Waals surface area contributed by atoms with Crippen LogP contribution >= 0.6 is 0 Å². The van der Waals surface area contributed by atoms with Gasteiger partial charge < -0.3 is 5.32 Å². The highest BCUT2D eigenvalue weighted by Gasteiger charge is 2.19. The minimum absolute atomic E-state index is 0.662. The summed E-state index contributed by atoms with van der Waals surface area (Å²) in [6.45, 7) is 4.30. The lowest BCUT2D eigenvalue weighted by Crippen LogP contribution is -2.40. The van der Waals surface area contributed by atoms with Crippen LogP contribution in [0.3, 0.4) is 0 Å². The number of nitrogens with zero attached hydrogens (tertiary/aromatic N) is 1. The average molecular weight is 148 g/mol. The highest BCUT2D eigenvalue weighted by Crippen LogP contribution is 2.17. The Morgan fingerprint density at radius 3 is 2.91 bits per heavy atom. The third-order valence-electron chi connectivity index (χ3n) is 2.14. The zero-order valence-electron chi connectivity index (χ0n) is 6.67. The summed E-state index contributed by atoms with van der Waals surface area (Å²) in [4.78, 5) is 4.32. The lowest BCUT2D eigenvalue weighted by atomic mass is 9.98. The van der Waals surface area contributed by atoms with E-state index in [0.717, 1.165) is 13.1 Å². The van der Waals surface area contributed by atoms with Gasteiger partial charge in [0, 0.05) is 30.9 Å². The standard InChI is InChI=1S/C9H12N2/c1-7-2-3-11-9(4-7)8-5-10-6-8/h2-4,8,10H,5-6H2,1H3. The van der Waals surface area contributed by atoms with Gasteiger partial charge in [0.2, 0.25) is 0 Å². The second-order valence-corrected chi connectivity index (χ2v) is 3.11. The molecule has 0 bridgehead atoms. The summed E-state index contributed by atoms with van der Waals surface area (Å²) < 4.78 is 0. The van der Waals surface area contributed by atoms with Gasteiger partial charge in [-0.25, -0.2) is 0 Å². The van der Waals surface area contributed by atoms with Crippen LogP contribution in [-0.2, 0) is 0 Å². The van der Waals surface area contributed by atoms with E-state index >= 15 is 0 Å². The number of pyridine rings is 1. The number of nitrogens with one attached hydrogen (secondary N) is 1. The van der Waals surface area contributed by atoms with Crippen molar-refractivity contribution in [3.05, 3.63) is 29.6 Å². The molecule has 0 amide bonds. The summed E-state index contributed by atoms with van der Waals surface area (Å²) in [5.74, 6) is 0.662. The average Bonchev–Trinajstić information content (AvgIpc) is 1.83. The molecule has 0 atom stereocenters. The predicted molar refractivity (Wildman–Crippen MR) is 44.6 cm³/mol. The predicted octanol–water partition coefficient (Wildman–Crippen LogP) is 1.08. The van der Waals surface area contributed by atoms with Crippen LogP contribution in [0.1, 0.15) is 17.2 Å². The molecular formula is C9H12N2. The molecular weight excluding hydrogens is 136 g/mol. The smallest absolute Gasteiger partial charge is 0.0462 e. The summed E-state index contributed by atoms with van der Waals surface area (Å²) in [5, 5.41) is 3.24. The van der Waals surface area contributed by atoms with E-state index in [1.807, 2.05) is 12.3 Å². The molecule has 11 heavy (non-hydrogen) atoms. The first-order chi connectivity index (χ1) is 5.36. The van der Waals surface area contributed by atoms with Crippen molar-refractivity contribution in [1.82, 2.24) is 10.3 Å². The molecule has 1 aliphatic rings. The summed E-state index contributed by atoms with van der Waals surface area (Å²) in [7, 11) is 0. The normalized spacial score (nSPS) is 17.9. The van der Waals surface area contributed by atoms with Gasteiger partial charge in [-0.3, -0.25) is 4.98 Å². The molecule has 0 spiro atoms. The van der Waals surface area contributed by atoms with Crippen LogP contribution in [0.2, 0.25) is 0 Å².